The maximum absolute atomic E-state index is 13.3. The van der Waals surface area contributed by atoms with Crippen molar-refractivity contribution >= 4 is 37.4 Å². The van der Waals surface area contributed by atoms with Gasteiger partial charge in [-0.25, -0.2) is 9.82 Å². The summed E-state index contributed by atoms with van der Waals surface area (Å²) in [7, 11) is 1.86. The van der Waals surface area contributed by atoms with Gasteiger partial charge in [0.15, 0.2) is 0 Å². The number of thiophene rings is 1. The number of nitrogens with one attached hydrogen (secondary N) is 1. The van der Waals surface area contributed by atoms with E-state index in [2.05, 4.69) is 26.5 Å². The molecule has 0 fully saturated rings. The van der Waals surface area contributed by atoms with Gasteiger partial charge in [-0.05, 0) is 45.6 Å². The Kier molecular flexibility index (Phi) is 3.59. The minimum absolute atomic E-state index is 0.197. The summed E-state index contributed by atoms with van der Waals surface area (Å²) in [5, 5.41) is 5.08. The Hall–Kier alpha value is -1.28. The van der Waals surface area contributed by atoms with Crippen molar-refractivity contribution in [2.24, 2.45) is 12.9 Å². The maximum Gasteiger partial charge on any atom is 0.123 e. The third-order valence-corrected chi connectivity index (χ3v) is 4.95. The second-order valence-electron chi connectivity index (χ2n) is 4.43. The van der Waals surface area contributed by atoms with Gasteiger partial charge in [0.05, 0.1) is 22.4 Å². The van der Waals surface area contributed by atoms with Crippen molar-refractivity contribution in [2.75, 3.05) is 0 Å². The maximum atomic E-state index is 13.3. The molecule has 20 heavy (non-hydrogen) atoms. The second-order valence-corrected chi connectivity index (χ2v) is 6.40. The van der Waals surface area contributed by atoms with Crippen molar-refractivity contribution in [3.8, 4) is 0 Å². The van der Waals surface area contributed by atoms with Crippen molar-refractivity contribution in [3.05, 3.63) is 51.3 Å². The molecule has 7 heteroatoms. The molecule has 0 amide bonds. The first-order chi connectivity index (χ1) is 9.60. The van der Waals surface area contributed by atoms with Gasteiger partial charge in [0.25, 0.3) is 0 Å². The van der Waals surface area contributed by atoms with Crippen LogP contribution in [0.5, 0.6) is 0 Å². The van der Waals surface area contributed by atoms with Crippen LogP contribution in [0, 0.1) is 5.82 Å². The molecular weight excluding hydrogens is 343 g/mol. The van der Waals surface area contributed by atoms with Crippen LogP contribution in [0.25, 0.3) is 10.1 Å². The predicted molar refractivity (Wildman–Crippen MR) is 81.9 cm³/mol. The third-order valence-electron chi connectivity index (χ3n) is 3.16. The van der Waals surface area contributed by atoms with Gasteiger partial charge < -0.3 is 0 Å². The van der Waals surface area contributed by atoms with E-state index in [-0.39, 0.29) is 11.9 Å². The summed E-state index contributed by atoms with van der Waals surface area (Å²) in [4.78, 5) is 1.01. The van der Waals surface area contributed by atoms with Crippen LogP contribution in [0.3, 0.4) is 0 Å². The monoisotopic (exact) mass is 354 g/mol. The Morgan fingerprint density at radius 3 is 2.90 bits per heavy atom. The first-order valence-corrected chi connectivity index (χ1v) is 7.53. The van der Waals surface area contributed by atoms with Gasteiger partial charge in [0, 0.05) is 16.6 Å². The molecule has 3 N–H and O–H groups in total. The predicted octanol–water partition coefficient (Wildman–Crippen LogP) is 3.09. The van der Waals surface area contributed by atoms with E-state index in [9.17, 15) is 4.39 Å². The van der Waals surface area contributed by atoms with Crippen molar-refractivity contribution in [3.63, 3.8) is 0 Å². The minimum Gasteiger partial charge on any atom is -0.270 e. The number of benzene rings is 1. The van der Waals surface area contributed by atoms with E-state index in [1.165, 1.54) is 12.1 Å². The number of nitrogens with two attached hydrogens (primary N) is 1. The van der Waals surface area contributed by atoms with Gasteiger partial charge in [0.1, 0.15) is 5.82 Å². The van der Waals surface area contributed by atoms with E-state index >= 15 is 0 Å². The van der Waals surface area contributed by atoms with Crippen LogP contribution < -0.4 is 11.3 Å². The largest absolute Gasteiger partial charge is 0.270 e. The average Bonchev–Trinajstić information content (AvgIpc) is 2.97. The fourth-order valence-corrected chi connectivity index (χ4v) is 3.90. The highest BCUT2D eigenvalue weighted by Gasteiger charge is 2.21. The normalized spacial score (nSPS) is 13.0. The first kappa shape index (κ1) is 13.7. The average molecular weight is 355 g/mol. The van der Waals surface area contributed by atoms with Gasteiger partial charge >= 0.3 is 0 Å². The number of hydrogen-bond donors (Lipinski definition) is 2. The van der Waals surface area contributed by atoms with E-state index in [0.717, 1.165) is 25.1 Å². The van der Waals surface area contributed by atoms with Gasteiger partial charge in [-0.2, -0.15) is 5.10 Å². The molecule has 3 rings (SSSR count). The zero-order chi connectivity index (χ0) is 14.3. The van der Waals surface area contributed by atoms with E-state index in [4.69, 9.17) is 5.84 Å². The molecular formula is C13H12BrFN4S. The molecule has 0 saturated carbocycles. The lowest BCUT2D eigenvalue weighted by atomic mass is 10.1. The van der Waals surface area contributed by atoms with E-state index in [1.807, 2.05) is 13.1 Å². The summed E-state index contributed by atoms with van der Waals surface area (Å²) >= 11 is 5.06. The van der Waals surface area contributed by atoms with Crippen LogP contribution in [0.2, 0.25) is 0 Å². The summed E-state index contributed by atoms with van der Waals surface area (Å²) in [6, 6.07) is 6.53. The van der Waals surface area contributed by atoms with Gasteiger partial charge in [-0.3, -0.25) is 10.5 Å². The highest BCUT2D eigenvalue weighted by molar-refractivity contribution is 9.10. The molecule has 1 aromatic carbocycles. The van der Waals surface area contributed by atoms with Gasteiger partial charge in [0.2, 0.25) is 0 Å². The molecule has 0 aliphatic carbocycles. The molecule has 0 aliphatic heterocycles. The van der Waals surface area contributed by atoms with Crippen LogP contribution in [0.4, 0.5) is 4.39 Å². The third kappa shape index (κ3) is 2.26. The molecule has 1 unspecified atom stereocenters. The number of hydrazine groups is 1. The van der Waals surface area contributed by atoms with Gasteiger partial charge in [-0.15, -0.1) is 11.3 Å². The van der Waals surface area contributed by atoms with Crippen molar-refractivity contribution in [1.29, 1.82) is 0 Å². The Morgan fingerprint density at radius 2 is 2.25 bits per heavy atom. The lowest BCUT2D eigenvalue weighted by molar-refractivity contribution is 0.580. The minimum atomic E-state index is -0.235. The van der Waals surface area contributed by atoms with Crippen molar-refractivity contribution < 1.29 is 4.39 Å². The van der Waals surface area contributed by atoms with Crippen LogP contribution in [0.15, 0.2) is 34.9 Å². The molecule has 0 spiro atoms. The molecule has 2 heterocycles. The number of nitrogens with zero attached hydrogens (tertiary/aromatic N) is 2. The molecule has 3 aromatic rings. The SMILES string of the molecule is Cn1ncc(Br)c1C(NN)c1cc2cc(F)ccc2s1. The van der Waals surface area contributed by atoms with Crippen LogP contribution in [0.1, 0.15) is 16.6 Å². The summed E-state index contributed by atoms with van der Waals surface area (Å²) in [6.45, 7) is 0. The highest BCUT2D eigenvalue weighted by atomic mass is 79.9. The summed E-state index contributed by atoms with van der Waals surface area (Å²) in [5.41, 5.74) is 3.73. The Bertz CT molecular complexity index is 747. The molecule has 2 aromatic heterocycles. The Balaban J connectivity index is 2.12. The van der Waals surface area contributed by atoms with Crippen LogP contribution in [-0.4, -0.2) is 9.78 Å². The highest BCUT2D eigenvalue weighted by Crippen LogP contribution is 2.35. The zero-order valence-corrected chi connectivity index (χ0v) is 13.0. The number of hydrogen-bond acceptors (Lipinski definition) is 4. The van der Waals surface area contributed by atoms with Crippen molar-refractivity contribution in [1.82, 2.24) is 15.2 Å². The lowest BCUT2D eigenvalue weighted by Crippen LogP contribution is -2.30. The summed E-state index contributed by atoms with van der Waals surface area (Å²) in [6.07, 6.45) is 1.73. The number of aryl methyl sites for hydroxylation is 1. The Morgan fingerprint density at radius 1 is 1.45 bits per heavy atom. The quantitative estimate of drug-likeness (QED) is 0.561. The number of rotatable bonds is 3. The van der Waals surface area contributed by atoms with Crippen LogP contribution >= 0.6 is 27.3 Å². The summed E-state index contributed by atoms with van der Waals surface area (Å²) in [5.74, 6) is 5.47. The molecule has 0 bridgehead atoms. The van der Waals surface area contributed by atoms with E-state index < -0.39 is 0 Å². The number of fused-ring (bicyclic) bond motifs is 1. The number of halogens is 2. The zero-order valence-electron chi connectivity index (χ0n) is 10.6. The number of aromatic nitrogens is 2. The fourth-order valence-electron chi connectivity index (χ4n) is 2.22. The van der Waals surface area contributed by atoms with Gasteiger partial charge in [-0.1, -0.05) is 0 Å². The van der Waals surface area contributed by atoms with E-state index in [1.54, 1.807) is 28.3 Å². The molecule has 4 nitrogen and oxygen atoms in total. The first-order valence-electron chi connectivity index (χ1n) is 5.92. The van der Waals surface area contributed by atoms with Crippen LogP contribution in [-0.2, 0) is 7.05 Å². The summed E-state index contributed by atoms with van der Waals surface area (Å²) < 4.78 is 16.9. The van der Waals surface area contributed by atoms with E-state index in [0.29, 0.717) is 0 Å². The topological polar surface area (TPSA) is 55.9 Å². The lowest BCUT2D eigenvalue weighted by Gasteiger charge is -2.15. The van der Waals surface area contributed by atoms with Crippen molar-refractivity contribution in [2.45, 2.75) is 6.04 Å². The second kappa shape index (κ2) is 5.25. The molecule has 0 saturated heterocycles. The molecule has 0 aliphatic rings. The Labute approximate surface area is 127 Å². The smallest absolute Gasteiger partial charge is 0.123 e. The molecule has 104 valence electrons. The molecule has 1 atom stereocenters. The molecule has 0 radical (unpaired) electrons. The fraction of sp³-hybridized carbons (Fsp3) is 0.154. The standard InChI is InChI=1S/C13H12BrFN4S/c1-19-13(9(14)6-17-19)12(18-16)11-5-7-4-8(15)2-3-10(7)20-11/h2-6,12,18H,16H2,1H3.